The molecule has 0 bridgehead atoms. The minimum absolute atomic E-state index is 0.0632. The molecule has 9 heteroatoms. The molecule has 0 saturated carbocycles. The van der Waals surface area contributed by atoms with Crippen molar-refractivity contribution in [3.8, 4) is 6.07 Å². The van der Waals surface area contributed by atoms with E-state index in [2.05, 4.69) is 0 Å². The number of rotatable bonds is 4. The molecule has 1 unspecified atom stereocenters. The minimum Gasteiger partial charge on any atom is -0.371 e. The third-order valence-corrected chi connectivity index (χ3v) is 7.50. The van der Waals surface area contributed by atoms with Crippen LogP contribution in [0.2, 0.25) is 0 Å². The van der Waals surface area contributed by atoms with Crippen molar-refractivity contribution in [2.45, 2.75) is 32.4 Å². The molecule has 2 fully saturated rings. The summed E-state index contributed by atoms with van der Waals surface area (Å²) >= 11 is 0. The van der Waals surface area contributed by atoms with Crippen LogP contribution in [0.5, 0.6) is 0 Å². The lowest BCUT2D eigenvalue weighted by Crippen LogP contribution is -2.47. The molecule has 184 valence electrons. The molecule has 2 saturated heterocycles. The molecule has 2 aromatic carbocycles. The van der Waals surface area contributed by atoms with Gasteiger partial charge in [0.15, 0.2) is 0 Å². The van der Waals surface area contributed by atoms with Crippen LogP contribution in [0, 0.1) is 29.6 Å². The van der Waals surface area contributed by atoms with E-state index in [0.29, 0.717) is 38.2 Å². The molecule has 4 rings (SSSR count). The Morgan fingerprint density at radius 1 is 1.17 bits per heavy atom. The Labute approximate surface area is 202 Å². The van der Waals surface area contributed by atoms with Crippen LogP contribution in [0.3, 0.4) is 0 Å². The van der Waals surface area contributed by atoms with Crippen LogP contribution in [-0.2, 0) is 22.2 Å². The maximum Gasteiger partial charge on any atom is 0.417 e. The van der Waals surface area contributed by atoms with Crippen molar-refractivity contribution in [3.05, 3.63) is 64.7 Å². The highest BCUT2D eigenvalue weighted by atomic mass is 19.4. The number of aryl methyl sites for hydroxylation is 1. The van der Waals surface area contributed by atoms with Gasteiger partial charge in [-0.1, -0.05) is 24.3 Å². The first-order valence-corrected chi connectivity index (χ1v) is 11.5. The van der Waals surface area contributed by atoms with E-state index < -0.39 is 34.5 Å². The molecule has 2 aliphatic heterocycles. The van der Waals surface area contributed by atoms with E-state index in [-0.39, 0.29) is 18.9 Å². The fourth-order valence-corrected chi connectivity index (χ4v) is 5.41. The van der Waals surface area contributed by atoms with Gasteiger partial charge in [0.05, 0.1) is 29.5 Å². The van der Waals surface area contributed by atoms with Crippen molar-refractivity contribution in [1.82, 2.24) is 4.90 Å². The van der Waals surface area contributed by atoms with Gasteiger partial charge in [0, 0.05) is 37.3 Å². The Kier molecular flexibility index (Phi) is 6.50. The fraction of sp³-hybridized carbons (Fsp3) is 0.423. The first-order valence-electron chi connectivity index (χ1n) is 11.5. The smallest absolute Gasteiger partial charge is 0.371 e. The van der Waals surface area contributed by atoms with Gasteiger partial charge in [0.2, 0.25) is 11.8 Å². The van der Waals surface area contributed by atoms with Crippen LogP contribution >= 0.6 is 0 Å². The highest BCUT2D eigenvalue weighted by molar-refractivity contribution is 5.83. The van der Waals surface area contributed by atoms with Crippen LogP contribution in [0.25, 0.3) is 0 Å². The van der Waals surface area contributed by atoms with Gasteiger partial charge < -0.3 is 15.5 Å². The Hall–Kier alpha value is -3.54. The summed E-state index contributed by atoms with van der Waals surface area (Å²) in [6.07, 6.45) is -3.34. The van der Waals surface area contributed by atoms with Gasteiger partial charge in [-0.25, -0.2) is 0 Å². The van der Waals surface area contributed by atoms with Crippen molar-refractivity contribution in [2.24, 2.45) is 17.1 Å². The highest BCUT2D eigenvalue weighted by Crippen LogP contribution is 2.46. The summed E-state index contributed by atoms with van der Waals surface area (Å²) in [5.74, 6) is -1.02. The number of hydrogen-bond acceptors (Lipinski definition) is 4. The van der Waals surface area contributed by atoms with Gasteiger partial charge in [-0.15, -0.1) is 0 Å². The molecular formula is C26H27F3N4O2. The standard InChI is InChI=1S/C26H27F3N4O2/c1-17-4-2-3-5-18(17)12-23(34)33-15-22(24(31)35)25(16-33)8-10-32(11-9-25)20-7-6-19(14-30)21(13-20)26(27,28)29/h2-7,13,22H,8-12,15-16H2,1H3,(H2,31,35). The highest BCUT2D eigenvalue weighted by Gasteiger charge is 2.51. The molecular weight excluding hydrogens is 457 g/mol. The second kappa shape index (κ2) is 9.25. The van der Waals surface area contributed by atoms with E-state index in [1.54, 1.807) is 11.0 Å². The van der Waals surface area contributed by atoms with E-state index in [1.165, 1.54) is 12.1 Å². The molecule has 2 heterocycles. The number of halogens is 3. The zero-order valence-electron chi connectivity index (χ0n) is 19.4. The summed E-state index contributed by atoms with van der Waals surface area (Å²) in [7, 11) is 0. The molecule has 2 amide bonds. The first-order chi connectivity index (χ1) is 16.5. The summed E-state index contributed by atoms with van der Waals surface area (Å²) in [4.78, 5) is 29.0. The van der Waals surface area contributed by atoms with Gasteiger partial charge in [0.25, 0.3) is 0 Å². The van der Waals surface area contributed by atoms with Crippen molar-refractivity contribution in [1.29, 1.82) is 5.26 Å². The van der Waals surface area contributed by atoms with Crippen molar-refractivity contribution in [3.63, 3.8) is 0 Å². The van der Waals surface area contributed by atoms with E-state index in [0.717, 1.165) is 17.2 Å². The summed E-state index contributed by atoms with van der Waals surface area (Å²) in [6, 6.07) is 13.0. The second-order valence-corrected chi connectivity index (χ2v) is 9.52. The largest absolute Gasteiger partial charge is 0.417 e. The second-order valence-electron chi connectivity index (χ2n) is 9.52. The Bertz CT molecular complexity index is 1180. The molecule has 2 aliphatic rings. The molecule has 1 atom stereocenters. The van der Waals surface area contributed by atoms with Crippen molar-refractivity contribution >= 4 is 17.5 Å². The van der Waals surface area contributed by atoms with E-state index in [9.17, 15) is 22.8 Å². The van der Waals surface area contributed by atoms with E-state index >= 15 is 0 Å². The predicted molar refractivity (Wildman–Crippen MR) is 124 cm³/mol. The van der Waals surface area contributed by atoms with Crippen LogP contribution in [-0.4, -0.2) is 42.9 Å². The molecule has 6 nitrogen and oxygen atoms in total. The molecule has 0 aromatic heterocycles. The summed E-state index contributed by atoms with van der Waals surface area (Å²) in [6.45, 7) is 3.46. The minimum atomic E-state index is -4.63. The Morgan fingerprint density at radius 2 is 1.86 bits per heavy atom. The van der Waals surface area contributed by atoms with Crippen LogP contribution in [0.1, 0.15) is 35.1 Å². The van der Waals surface area contributed by atoms with Gasteiger partial charge in [-0.3, -0.25) is 9.59 Å². The van der Waals surface area contributed by atoms with Crippen molar-refractivity contribution in [2.75, 3.05) is 31.1 Å². The number of piperidine rings is 1. The van der Waals surface area contributed by atoms with Gasteiger partial charge in [0.1, 0.15) is 0 Å². The summed E-state index contributed by atoms with van der Waals surface area (Å²) in [5, 5.41) is 9.04. The van der Waals surface area contributed by atoms with Crippen molar-refractivity contribution < 1.29 is 22.8 Å². The van der Waals surface area contributed by atoms with Crippen LogP contribution in [0.15, 0.2) is 42.5 Å². The van der Waals surface area contributed by atoms with Gasteiger partial charge >= 0.3 is 6.18 Å². The normalized spacial score (nSPS) is 19.6. The summed E-state index contributed by atoms with van der Waals surface area (Å²) in [5.41, 5.74) is 6.21. The van der Waals surface area contributed by atoms with Gasteiger partial charge in [-0.05, 0) is 49.1 Å². The number of carbonyl (C=O) groups excluding carboxylic acids is 2. The first kappa shape index (κ1) is 24.6. The lowest BCUT2D eigenvalue weighted by atomic mass is 9.70. The zero-order valence-corrected chi connectivity index (χ0v) is 19.4. The number of nitrogens with two attached hydrogens (primary N) is 1. The number of nitrogens with zero attached hydrogens (tertiary/aromatic N) is 3. The number of nitriles is 1. The topological polar surface area (TPSA) is 90.4 Å². The number of amides is 2. The maximum atomic E-state index is 13.4. The van der Waals surface area contributed by atoms with Gasteiger partial charge in [-0.2, -0.15) is 18.4 Å². The molecule has 2 aromatic rings. The maximum absolute atomic E-state index is 13.4. The predicted octanol–water partition coefficient (Wildman–Crippen LogP) is 3.66. The summed E-state index contributed by atoms with van der Waals surface area (Å²) < 4.78 is 40.2. The molecule has 0 radical (unpaired) electrons. The molecule has 2 N–H and O–H groups in total. The number of anilines is 1. The number of likely N-dealkylation sites (tertiary alicyclic amines) is 1. The lowest BCUT2D eigenvalue weighted by Gasteiger charge is -2.42. The molecule has 0 aliphatic carbocycles. The van der Waals surface area contributed by atoms with E-state index in [4.69, 9.17) is 11.0 Å². The van der Waals surface area contributed by atoms with Crippen LogP contribution < -0.4 is 10.6 Å². The Balaban J connectivity index is 1.50. The SMILES string of the molecule is Cc1ccccc1CC(=O)N1CC(C(N)=O)C2(CCN(c3ccc(C#N)c(C(F)(F)F)c3)CC2)C1. The van der Waals surface area contributed by atoms with E-state index in [1.807, 2.05) is 36.1 Å². The quantitative estimate of drug-likeness (QED) is 0.717. The third kappa shape index (κ3) is 4.83. The zero-order chi connectivity index (χ0) is 25.4. The average molecular weight is 485 g/mol. The number of carbonyl (C=O) groups is 2. The number of alkyl halides is 3. The van der Waals surface area contributed by atoms with Crippen LogP contribution in [0.4, 0.5) is 18.9 Å². The Morgan fingerprint density at radius 3 is 2.46 bits per heavy atom. The monoisotopic (exact) mass is 484 g/mol. The molecule has 1 spiro atoms. The lowest BCUT2D eigenvalue weighted by molar-refractivity contribution is -0.137. The third-order valence-electron chi connectivity index (χ3n) is 7.50. The molecule has 35 heavy (non-hydrogen) atoms. The fourth-order valence-electron chi connectivity index (χ4n) is 5.41. The number of hydrogen-bond donors (Lipinski definition) is 1. The average Bonchev–Trinajstić information content (AvgIpc) is 3.19. The number of primary amides is 1. The number of benzene rings is 2.